The molecular formula is C19H31BN2O3Si. The Morgan fingerprint density at radius 3 is 2.38 bits per heavy atom. The van der Waals surface area contributed by atoms with Crippen molar-refractivity contribution in [3.05, 3.63) is 24.4 Å². The van der Waals surface area contributed by atoms with Gasteiger partial charge >= 0.3 is 7.12 Å². The zero-order chi connectivity index (χ0) is 19.2. The van der Waals surface area contributed by atoms with E-state index in [1.165, 1.54) is 6.04 Å². The van der Waals surface area contributed by atoms with E-state index >= 15 is 0 Å². The SMILES string of the molecule is CC1(C)OB(c2ccc3nn(COCC[Si](C)(C)C)cc3c2)OC1(C)C. The van der Waals surface area contributed by atoms with Crippen molar-refractivity contribution in [2.24, 2.45) is 0 Å². The Morgan fingerprint density at radius 1 is 1.12 bits per heavy atom. The predicted octanol–water partition coefficient (Wildman–Crippen LogP) is 3.65. The van der Waals surface area contributed by atoms with Crippen molar-refractivity contribution in [3.63, 3.8) is 0 Å². The molecule has 0 radical (unpaired) electrons. The zero-order valence-electron chi connectivity index (χ0n) is 17.1. The van der Waals surface area contributed by atoms with Crippen LogP contribution in [0.4, 0.5) is 0 Å². The van der Waals surface area contributed by atoms with Gasteiger partial charge in [0.1, 0.15) is 6.73 Å². The first-order valence-corrected chi connectivity index (χ1v) is 13.1. The van der Waals surface area contributed by atoms with Crippen LogP contribution in [0.1, 0.15) is 27.7 Å². The number of rotatable bonds is 6. The number of aromatic nitrogens is 2. The third kappa shape index (κ3) is 4.22. The predicted molar refractivity (Wildman–Crippen MR) is 110 cm³/mol. The highest BCUT2D eigenvalue weighted by Crippen LogP contribution is 2.36. The summed E-state index contributed by atoms with van der Waals surface area (Å²) < 4.78 is 20.0. The van der Waals surface area contributed by atoms with Crippen molar-refractivity contribution in [2.45, 2.75) is 71.3 Å². The third-order valence-electron chi connectivity index (χ3n) is 5.32. The Kier molecular flexibility index (Phi) is 5.12. The molecule has 7 heteroatoms. The van der Waals surface area contributed by atoms with Gasteiger partial charge in [-0.05, 0) is 45.3 Å². The number of benzene rings is 1. The molecule has 26 heavy (non-hydrogen) atoms. The van der Waals surface area contributed by atoms with Gasteiger partial charge in [-0.1, -0.05) is 31.8 Å². The van der Waals surface area contributed by atoms with E-state index in [0.717, 1.165) is 23.0 Å². The molecule has 0 unspecified atom stereocenters. The van der Waals surface area contributed by atoms with Gasteiger partial charge in [0, 0.05) is 26.3 Å². The molecule has 0 atom stereocenters. The molecule has 0 bridgehead atoms. The van der Waals surface area contributed by atoms with Gasteiger partial charge in [-0.3, -0.25) is 0 Å². The molecule has 0 saturated carbocycles. The molecule has 2 heterocycles. The summed E-state index contributed by atoms with van der Waals surface area (Å²) in [6, 6.07) is 7.32. The Bertz CT molecular complexity index is 767. The van der Waals surface area contributed by atoms with Gasteiger partial charge in [0.05, 0.1) is 16.7 Å². The molecule has 1 aliphatic rings. The third-order valence-corrected chi connectivity index (χ3v) is 7.03. The van der Waals surface area contributed by atoms with Gasteiger partial charge in [0.2, 0.25) is 0 Å². The number of hydrogen-bond donors (Lipinski definition) is 0. The Morgan fingerprint density at radius 2 is 1.77 bits per heavy atom. The monoisotopic (exact) mass is 374 g/mol. The van der Waals surface area contributed by atoms with Crippen LogP contribution in [-0.4, -0.2) is 42.8 Å². The highest BCUT2D eigenvalue weighted by atomic mass is 28.3. The van der Waals surface area contributed by atoms with Crippen LogP contribution in [0.3, 0.4) is 0 Å². The Balaban J connectivity index is 1.68. The fourth-order valence-corrected chi connectivity index (χ4v) is 3.58. The first kappa shape index (κ1) is 19.6. The summed E-state index contributed by atoms with van der Waals surface area (Å²) in [5, 5.41) is 5.67. The molecule has 2 aromatic rings. The van der Waals surface area contributed by atoms with E-state index in [4.69, 9.17) is 14.0 Å². The van der Waals surface area contributed by atoms with Gasteiger partial charge in [-0.2, -0.15) is 5.10 Å². The minimum atomic E-state index is -1.06. The topological polar surface area (TPSA) is 45.5 Å². The normalized spacial score (nSPS) is 19.4. The van der Waals surface area contributed by atoms with Crippen LogP contribution < -0.4 is 5.46 Å². The summed E-state index contributed by atoms with van der Waals surface area (Å²) in [7, 11) is -1.40. The van der Waals surface area contributed by atoms with Gasteiger partial charge in [0.15, 0.2) is 0 Å². The molecule has 0 aliphatic carbocycles. The molecule has 0 spiro atoms. The molecular weight excluding hydrogens is 343 g/mol. The summed E-state index contributed by atoms with van der Waals surface area (Å²) >= 11 is 0. The van der Waals surface area contributed by atoms with Gasteiger partial charge in [0.25, 0.3) is 0 Å². The highest BCUT2D eigenvalue weighted by molar-refractivity contribution is 6.76. The van der Waals surface area contributed by atoms with E-state index in [-0.39, 0.29) is 18.3 Å². The number of hydrogen-bond acceptors (Lipinski definition) is 4. The lowest BCUT2D eigenvalue weighted by Crippen LogP contribution is -2.41. The lowest BCUT2D eigenvalue weighted by molar-refractivity contribution is 0.00578. The molecule has 1 aromatic heterocycles. The number of ether oxygens (including phenoxy) is 1. The first-order chi connectivity index (χ1) is 12.0. The summed E-state index contributed by atoms with van der Waals surface area (Å²) in [5.74, 6) is 0. The largest absolute Gasteiger partial charge is 0.494 e. The standard InChI is InChI=1S/C19H31BN2O3Si/c1-18(2)19(3,4)25-20(24-18)16-8-9-17-15(12-16)13-22(21-17)14-23-10-11-26(5,6)7/h8-9,12-13H,10-11,14H2,1-7H3. The van der Waals surface area contributed by atoms with Crippen molar-refractivity contribution >= 4 is 31.6 Å². The van der Waals surface area contributed by atoms with Crippen molar-refractivity contribution in [2.75, 3.05) is 6.61 Å². The molecule has 1 aromatic carbocycles. The van der Waals surface area contributed by atoms with Gasteiger partial charge in [-0.15, -0.1) is 0 Å². The maximum Gasteiger partial charge on any atom is 0.494 e. The van der Waals surface area contributed by atoms with E-state index in [0.29, 0.717) is 6.73 Å². The first-order valence-electron chi connectivity index (χ1n) is 9.37. The van der Waals surface area contributed by atoms with Crippen LogP contribution >= 0.6 is 0 Å². The van der Waals surface area contributed by atoms with Crippen LogP contribution in [0.25, 0.3) is 10.9 Å². The Hall–Kier alpha value is -1.15. The number of fused-ring (bicyclic) bond motifs is 1. The molecule has 3 rings (SSSR count). The average molecular weight is 374 g/mol. The fraction of sp³-hybridized carbons (Fsp3) is 0.632. The lowest BCUT2D eigenvalue weighted by Gasteiger charge is -2.32. The van der Waals surface area contributed by atoms with Gasteiger partial charge < -0.3 is 14.0 Å². The van der Waals surface area contributed by atoms with E-state index in [9.17, 15) is 0 Å². The highest BCUT2D eigenvalue weighted by Gasteiger charge is 2.51. The van der Waals surface area contributed by atoms with Crippen LogP contribution in [0.5, 0.6) is 0 Å². The Labute approximate surface area is 158 Å². The van der Waals surface area contributed by atoms with Crippen LogP contribution in [-0.2, 0) is 20.8 Å². The maximum atomic E-state index is 6.15. The maximum absolute atomic E-state index is 6.15. The molecule has 5 nitrogen and oxygen atoms in total. The second-order valence-electron chi connectivity index (χ2n) is 9.42. The molecule has 1 saturated heterocycles. The smallest absolute Gasteiger partial charge is 0.399 e. The minimum Gasteiger partial charge on any atom is -0.399 e. The lowest BCUT2D eigenvalue weighted by atomic mass is 9.79. The van der Waals surface area contributed by atoms with Crippen molar-refractivity contribution in [1.82, 2.24) is 9.78 Å². The average Bonchev–Trinajstić information content (AvgIpc) is 3.00. The second kappa shape index (κ2) is 6.78. The van der Waals surface area contributed by atoms with Crippen LogP contribution in [0.15, 0.2) is 24.4 Å². The second-order valence-corrected chi connectivity index (χ2v) is 15.0. The van der Waals surface area contributed by atoms with E-state index in [1.807, 2.05) is 23.0 Å². The molecule has 142 valence electrons. The summed E-state index contributed by atoms with van der Waals surface area (Å²) in [4.78, 5) is 0. The van der Waals surface area contributed by atoms with E-state index < -0.39 is 8.07 Å². The van der Waals surface area contributed by atoms with Crippen LogP contribution in [0.2, 0.25) is 25.7 Å². The fourth-order valence-electron chi connectivity index (χ4n) is 2.82. The van der Waals surface area contributed by atoms with Crippen molar-refractivity contribution in [3.8, 4) is 0 Å². The number of nitrogens with zero attached hydrogens (tertiary/aromatic N) is 2. The minimum absolute atomic E-state index is 0.332. The molecule has 1 aliphatic heterocycles. The summed E-state index contributed by atoms with van der Waals surface area (Å²) in [5.41, 5.74) is 1.32. The summed E-state index contributed by atoms with van der Waals surface area (Å²) in [6.07, 6.45) is 2.03. The van der Waals surface area contributed by atoms with Gasteiger partial charge in [-0.25, -0.2) is 4.68 Å². The summed E-state index contributed by atoms with van der Waals surface area (Å²) in [6.45, 7) is 16.6. The van der Waals surface area contributed by atoms with Crippen molar-refractivity contribution in [1.29, 1.82) is 0 Å². The van der Waals surface area contributed by atoms with E-state index in [1.54, 1.807) is 0 Å². The zero-order valence-corrected chi connectivity index (χ0v) is 18.1. The van der Waals surface area contributed by atoms with E-state index in [2.05, 4.69) is 58.5 Å². The van der Waals surface area contributed by atoms with Crippen LogP contribution in [0, 0.1) is 0 Å². The quantitative estimate of drug-likeness (QED) is 0.572. The molecule has 1 fully saturated rings. The molecule has 0 amide bonds. The molecule has 0 N–H and O–H groups in total. The van der Waals surface area contributed by atoms with Crippen molar-refractivity contribution < 1.29 is 14.0 Å².